The van der Waals surface area contributed by atoms with Crippen LogP contribution in [0.5, 0.6) is 5.75 Å². The first-order valence-electron chi connectivity index (χ1n) is 10.0. The molecule has 3 atom stereocenters. The molecule has 0 spiro atoms. The molecule has 2 rings (SSSR count). The maximum Gasteiger partial charge on any atom is 0.223 e. The lowest BCUT2D eigenvalue weighted by Crippen LogP contribution is -2.48. The Morgan fingerprint density at radius 2 is 1.85 bits per heavy atom. The van der Waals surface area contributed by atoms with Crippen LogP contribution in [0.15, 0.2) is 24.3 Å². The summed E-state index contributed by atoms with van der Waals surface area (Å²) in [6.45, 7) is 6.80. The molecule has 5 nitrogen and oxygen atoms in total. The molecule has 0 saturated carbocycles. The van der Waals surface area contributed by atoms with E-state index in [0.29, 0.717) is 12.1 Å². The van der Waals surface area contributed by atoms with Gasteiger partial charge >= 0.3 is 0 Å². The number of carbonyl (C=O) groups excluding carboxylic acids is 1. The van der Waals surface area contributed by atoms with Gasteiger partial charge in [0.2, 0.25) is 5.91 Å². The van der Waals surface area contributed by atoms with E-state index < -0.39 is 6.10 Å². The van der Waals surface area contributed by atoms with Crippen LogP contribution in [0.1, 0.15) is 64.0 Å². The first-order valence-corrected chi connectivity index (χ1v) is 10.0. The minimum absolute atomic E-state index is 0.0168. The van der Waals surface area contributed by atoms with Gasteiger partial charge in [-0.25, -0.2) is 0 Å². The molecule has 1 aromatic rings. The van der Waals surface area contributed by atoms with Crippen molar-refractivity contribution in [3.63, 3.8) is 0 Å². The molecule has 3 N–H and O–H groups in total. The molecule has 1 aliphatic rings. The van der Waals surface area contributed by atoms with Gasteiger partial charge in [0.05, 0.1) is 6.04 Å². The highest BCUT2D eigenvalue weighted by Crippen LogP contribution is 2.22. The van der Waals surface area contributed by atoms with E-state index in [4.69, 9.17) is 0 Å². The standard InChI is InChI=1S/C21H34N2O3/c1-3-4-5-8-16(2)21(26)22-19(15-23-13-6-7-14-23)20(25)17-9-11-18(24)12-10-17/h9-12,16,19-20,24-25H,3-8,13-15H2,1-2H3,(H,22,26). The minimum Gasteiger partial charge on any atom is -0.508 e. The first kappa shape index (κ1) is 20.7. The van der Waals surface area contributed by atoms with E-state index in [9.17, 15) is 15.0 Å². The van der Waals surface area contributed by atoms with Gasteiger partial charge in [-0.2, -0.15) is 0 Å². The van der Waals surface area contributed by atoms with Gasteiger partial charge in [0.15, 0.2) is 0 Å². The number of hydrogen-bond donors (Lipinski definition) is 3. The van der Waals surface area contributed by atoms with Crippen LogP contribution >= 0.6 is 0 Å². The Morgan fingerprint density at radius 3 is 2.46 bits per heavy atom. The van der Waals surface area contributed by atoms with E-state index in [1.807, 2.05) is 6.92 Å². The van der Waals surface area contributed by atoms with Gasteiger partial charge in [-0.05, 0) is 50.0 Å². The van der Waals surface area contributed by atoms with Crippen LogP contribution in [0, 0.1) is 5.92 Å². The summed E-state index contributed by atoms with van der Waals surface area (Å²) in [5, 5.41) is 23.4. The number of carbonyl (C=O) groups is 1. The number of amides is 1. The molecule has 26 heavy (non-hydrogen) atoms. The van der Waals surface area contributed by atoms with Crippen molar-refractivity contribution in [3.8, 4) is 5.75 Å². The summed E-state index contributed by atoms with van der Waals surface area (Å²) in [6, 6.07) is 6.22. The van der Waals surface area contributed by atoms with Gasteiger partial charge in [-0.3, -0.25) is 4.79 Å². The maximum absolute atomic E-state index is 12.6. The quantitative estimate of drug-likeness (QED) is 0.559. The SMILES string of the molecule is CCCCCC(C)C(=O)NC(CN1CCCC1)C(O)c1ccc(O)cc1. The zero-order chi connectivity index (χ0) is 18.9. The number of hydrogen-bond acceptors (Lipinski definition) is 4. The third kappa shape index (κ3) is 6.29. The summed E-state index contributed by atoms with van der Waals surface area (Å²) in [4.78, 5) is 14.9. The number of likely N-dealkylation sites (tertiary alicyclic amines) is 1. The highest BCUT2D eigenvalue weighted by atomic mass is 16.3. The van der Waals surface area contributed by atoms with E-state index >= 15 is 0 Å². The predicted octanol–water partition coefficient (Wildman–Crippen LogP) is 3.22. The van der Waals surface area contributed by atoms with Gasteiger partial charge in [0.25, 0.3) is 0 Å². The molecule has 0 aliphatic carbocycles. The average molecular weight is 363 g/mol. The van der Waals surface area contributed by atoms with Crippen molar-refractivity contribution >= 4 is 5.91 Å². The molecule has 1 aliphatic heterocycles. The lowest BCUT2D eigenvalue weighted by Gasteiger charge is -2.29. The topological polar surface area (TPSA) is 72.8 Å². The number of phenols is 1. The Balaban J connectivity index is 2.02. The molecular formula is C21H34N2O3. The number of aliphatic hydroxyl groups excluding tert-OH is 1. The summed E-state index contributed by atoms with van der Waals surface area (Å²) < 4.78 is 0. The Morgan fingerprint density at radius 1 is 1.19 bits per heavy atom. The average Bonchev–Trinajstić information content (AvgIpc) is 3.14. The molecular weight excluding hydrogens is 328 g/mol. The van der Waals surface area contributed by atoms with Gasteiger partial charge in [0.1, 0.15) is 11.9 Å². The molecule has 1 saturated heterocycles. The van der Waals surface area contributed by atoms with Crippen LogP contribution in [0.3, 0.4) is 0 Å². The Labute approximate surface area is 157 Å². The second-order valence-electron chi connectivity index (χ2n) is 7.56. The van der Waals surface area contributed by atoms with Crippen molar-refractivity contribution in [2.75, 3.05) is 19.6 Å². The number of benzene rings is 1. The summed E-state index contributed by atoms with van der Waals surface area (Å²) in [7, 11) is 0. The van der Waals surface area contributed by atoms with E-state index in [2.05, 4.69) is 17.1 Å². The number of rotatable bonds is 10. The highest BCUT2D eigenvalue weighted by molar-refractivity contribution is 5.78. The molecule has 1 amide bonds. The normalized spacial score (nSPS) is 18.4. The zero-order valence-corrected chi connectivity index (χ0v) is 16.2. The van der Waals surface area contributed by atoms with Crippen LogP contribution < -0.4 is 5.32 Å². The summed E-state index contributed by atoms with van der Waals surface area (Å²) in [5.74, 6) is 0.142. The van der Waals surface area contributed by atoms with Gasteiger partial charge in [-0.15, -0.1) is 0 Å². The number of phenolic OH excluding ortho intramolecular Hbond substituents is 1. The summed E-state index contributed by atoms with van der Waals surface area (Å²) >= 11 is 0. The van der Waals surface area contributed by atoms with Crippen LogP contribution in [-0.4, -0.2) is 46.7 Å². The lowest BCUT2D eigenvalue weighted by molar-refractivity contribution is -0.126. The largest absolute Gasteiger partial charge is 0.508 e. The number of unbranched alkanes of at least 4 members (excludes halogenated alkanes) is 2. The third-order valence-electron chi connectivity index (χ3n) is 5.29. The fraction of sp³-hybridized carbons (Fsp3) is 0.667. The smallest absolute Gasteiger partial charge is 0.223 e. The second-order valence-corrected chi connectivity index (χ2v) is 7.56. The van der Waals surface area contributed by atoms with Crippen LogP contribution in [-0.2, 0) is 4.79 Å². The molecule has 146 valence electrons. The van der Waals surface area contributed by atoms with Gasteiger partial charge in [-0.1, -0.05) is 45.2 Å². The van der Waals surface area contributed by atoms with Gasteiger partial charge in [0, 0.05) is 12.5 Å². The fourth-order valence-electron chi connectivity index (χ4n) is 3.53. The Kier molecular flexibility index (Phi) is 8.39. The van der Waals surface area contributed by atoms with E-state index in [1.165, 1.54) is 12.8 Å². The number of nitrogens with zero attached hydrogens (tertiary/aromatic N) is 1. The van der Waals surface area contributed by atoms with Gasteiger partial charge < -0.3 is 20.4 Å². The zero-order valence-electron chi connectivity index (χ0n) is 16.2. The highest BCUT2D eigenvalue weighted by Gasteiger charge is 2.27. The van der Waals surface area contributed by atoms with Crippen LogP contribution in [0.2, 0.25) is 0 Å². The second kappa shape index (κ2) is 10.5. The van der Waals surface area contributed by atoms with Crippen LogP contribution in [0.4, 0.5) is 0 Å². The van der Waals surface area contributed by atoms with Crippen molar-refractivity contribution in [1.29, 1.82) is 0 Å². The molecule has 0 radical (unpaired) electrons. The molecule has 0 bridgehead atoms. The number of nitrogens with one attached hydrogen (secondary N) is 1. The monoisotopic (exact) mass is 362 g/mol. The van der Waals surface area contributed by atoms with Crippen molar-refractivity contribution in [3.05, 3.63) is 29.8 Å². The molecule has 1 heterocycles. The molecule has 3 unspecified atom stereocenters. The maximum atomic E-state index is 12.6. The molecule has 1 fully saturated rings. The van der Waals surface area contributed by atoms with Crippen LogP contribution in [0.25, 0.3) is 0 Å². The molecule has 5 heteroatoms. The van der Waals surface area contributed by atoms with Crippen molar-refractivity contribution in [1.82, 2.24) is 10.2 Å². The lowest BCUT2D eigenvalue weighted by atomic mass is 9.98. The van der Waals surface area contributed by atoms with Crippen molar-refractivity contribution in [2.24, 2.45) is 5.92 Å². The molecule has 0 aromatic heterocycles. The van der Waals surface area contributed by atoms with Crippen molar-refractivity contribution in [2.45, 2.75) is 64.5 Å². The van der Waals surface area contributed by atoms with E-state index in [-0.39, 0.29) is 23.6 Å². The Bertz CT molecular complexity index is 541. The van der Waals surface area contributed by atoms with Crippen molar-refractivity contribution < 1.29 is 15.0 Å². The summed E-state index contributed by atoms with van der Waals surface area (Å²) in [6.07, 6.45) is 5.78. The molecule has 1 aromatic carbocycles. The number of aromatic hydroxyl groups is 1. The third-order valence-corrected chi connectivity index (χ3v) is 5.29. The predicted molar refractivity (Wildman–Crippen MR) is 104 cm³/mol. The Hall–Kier alpha value is -1.59. The van der Waals surface area contributed by atoms with E-state index in [1.54, 1.807) is 24.3 Å². The number of aliphatic hydroxyl groups is 1. The fourth-order valence-corrected chi connectivity index (χ4v) is 3.53. The minimum atomic E-state index is -0.789. The van der Waals surface area contributed by atoms with E-state index in [0.717, 1.165) is 38.8 Å². The summed E-state index contributed by atoms with van der Waals surface area (Å²) in [5.41, 5.74) is 0.714. The first-order chi connectivity index (χ1) is 12.5.